The van der Waals surface area contributed by atoms with E-state index in [0.717, 1.165) is 16.7 Å². The van der Waals surface area contributed by atoms with Crippen LogP contribution < -0.4 is 0 Å². The normalized spacial score (nSPS) is 12.3. The molecule has 2 heteroatoms. The third kappa shape index (κ3) is 2.58. The van der Waals surface area contributed by atoms with E-state index in [9.17, 15) is 5.11 Å². The van der Waals surface area contributed by atoms with Crippen LogP contribution in [-0.4, -0.2) is 18.4 Å². The maximum Gasteiger partial charge on any atom is 0.124 e. The van der Waals surface area contributed by atoms with E-state index in [0.29, 0.717) is 5.75 Å². The Labute approximate surface area is 91.7 Å². The molecule has 0 unspecified atom stereocenters. The summed E-state index contributed by atoms with van der Waals surface area (Å²) < 4.78 is 0. The van der Waals surface area contributed by atoms with Gasteiger partial charge in [-0.1, -0.05) is 26.8 Å². The Morgan fingerprint density at radius 2 is 1.87 bits per heavy atom. The van der Waals surface area contributed by atoms with Crippen molar-refractivity contribution in [3.05, 3.63) is 28.8 Å². The van der Waals surface area contributed by atoms with Gasteiger partial charge < -0.3 is 5.11 Å². The number of aryl methyl sites for hydroxylation is 1. The Balaban J connectivity index is 3.32. The summed E-state index contributed by atoms with van der Waals surface area (Å²) in [5, 5.41) is 9.88. The Morgan fingerprint density at radius 1 is 1.27 bits per heavy atom. The van der Waals surface area contributed by atoms with E-state index in [-0.39, 0.29) is 5.41 Å². The zero-order chi connectivity index (χ0) is 11.6. The lowest BCUT2D eigenvalue weighted by Gasteiger charge is -2.20. The SMILES string of the molecule is CN=Cc1c(C)cc(C(C)(C)C)cc1O. The van der Waals surface area contributed by atoms with Gasteiger partial charge in [0, 0.05) is 18.8 Å². The van der Waals surface area contributed by atoms with Crippen molar-refractivity contribution >= 4 is 6.21 Å². The molecule has 0 fully saturated rings. The fourth-order valence-electron chi connectivity index (χ4n) is 1.51. The topological polar surface area (TPSA) is 32.6 Å². The molecule has 82 valence electrons. The molecule has 1 rings (SSSR count). The van der Waals surface area contributed by atoms with Crippen LogP contribution in [0, 0.1) is 6.92 Å². The van der Waals surface area contributed by atoms with E-state index in [4.69, 9.17) is 0 Å². The summed E-state index contributed by atoms with van der Waals surface area (Å²) in [5.41, 5.74) is 3.08. The molecule has 0 radical (unpaired) electrons. The van der Waals surface area contributed by atoms with Crippen LogP contribution >= 0.6 is 0 Å². The van der Waals surface area contributed by atoms with Crippen LogP contribution in [0.5, 0.6) is 5.75 Å². The summed E-state index contributed by atoms with van der Waals surface area (Å²) in [6.07, 6.45) is 1.69. The molecule has 0 bridgehead atoms. The number of hydrogen-bond acceptors (Lipinski definition) is 2. The van der Waals surface area contributed by atoms with Crippen LogP contribution in [0.1, 0.15) is 37.5 Å². The maximum absolute atomic E-state index is 9.88. The molecule has 0 aromatic heterocycles. The highest BCUT2D eigenvalue weighted by atomic mass is 16.3. The predicted molar refractivity (Wildman–Crippen MR) is 65.1 cm³/mol. The average Bonchev–Trinajstić information content (AvgIpc) is 2.09. The summed E-state index contributed by atoms with van der Waals surface area (Å²) in [6.45, 7) is 8.39. The number of phenols is 1. The van der Waals surface area contributed by atoms with Crippen LogP contribution in [0.2, 0.25) is 0 Å². The van der Waals surface area contributed by atoms with Gasteiger partial charge >= 0.3 is 0 Å². The lowest BCUT2D eigenvalue weighted by Crippen LogP contribution is -2.11. The number of aliphatic imine (C=N–C) groups is 1. The molecule has 0 amide bonds. The Kier molecular flexibility index (Phi) is 3.18. The fourth-order valence-corrected chi connectivity index (χ4v) is 1.51. The second kappa shape index (κ2) is 4.05. The second-order valence-corrected chi connectivity index (χ2v) is 4.86. The molecule has 0 saturated carbocycles. The monoisotopic (exact) mass is 205 g/mol. The van der Waals surface area contributed by atoms with Crippen LogP contribution in [0.15, 0.2) is 17.1 Å². The smallest absolute Gasteiger partial charge is 0.124 e. The van der Waals surface area contributed by atoms with Crippen molar-refractivity contribution in [3.63, 3.8) is 0 Å². The predicted octanol–water partition coefficient (Wildman–Crippen LogP) is 3.05. The molecule has 0 saturated heterocycles. The number of phenolic OH excluding ortho intramolecular Hbond substituents is 1. The first-order valence-electron chi connectivity index (χ1n) is 5.12. The van der Waals surface area contributed by atoms with Gasteiger partial charge in [0.05, 0.1) is 0 Å². The molecule has 0 aliphatic heterocycles. The van der Waals surface area contributed by atoms with Crippen molar-refractivity contribution in [3.8, 4) is 5.75 Å². The molecule has 2 nitrogen and oxygen atoms in total. The van der Waals surface area contributed by atoms with Gasteiger partial charge in [-0.25, -0.2) is 0 Å². The van der Waals surface area contributed by atoms with Crippen molar-refractivity contribution in [1.82, 2.24) is 0 Å². The van der Waals surface area contributed by atoms with Crippen LogP contribution in [-0.2, 0) is 5.41 Å². The molecule has 0 heterocycles. The summed E-state index contributed by atoms with van der Waals surface area (Å²) in [7, 11) is 1.70. The number of benzene rings is 1. The summed E-state index contributed by atoms with van der Waals surface area (Å²) >= 11 is 0. The van der Waals surface area contributed by atoms with Gasteiger partial charge in [0.15, 0.2) is 0 Å². The number of nitrogens with zero attached hydrogens (tertiary/aromatic N) is 1. The second-order valence-electron chi connectivity index (χ2n) is 4.86. The number of aromatic hydroxyl groups is 1. The van der Waals surface area contributed by atoms with Gasteiger partial charge in [-0.2, -0.15) is 0 Å². The Hall–Kier alpha value is -1.31. The minimum absolute atomic E-state index is 0.0597. The molecule has 0 spiro atoms. The van der Waals surface area contributed by atoms with Crippen molar-refractivity contribution < 1.29 is 5.11 Å². The molecule has 1 aromatic rings. The van der Waals surface area contributed by atoms with Crippen molar-refractivity contribution in [1.29, 1.82) is 0 Å². The molecule has 1 N–H and O–H groups in total. The van der Waals surface area contributed by atoms with Gasteiger partial charge in [-0.05, 0) is 29.5 Å². The molecule has 0 atom stereocenters. The molecular weight excluding hydrogens is 186 g/mol. The van der Waals surface area contributed by atoms with E-state index >= 15 is 0 Å². The average molecular weight is 205 g/mol. The van der Waals surface area contributed by atoms with Crippen LogP contribution in [0.4, 0.5) is 0 Å². The molecular formula is C13H19NO. The van der Waals surface area contributed by atoms with Crippen LogP contribution in [0.3, 0.4) is 0 Å². The van der Waals surface area contributed by atoms with Crippen LogP contribution in [0.25, 0.3) is 0 Å². The number of hydrogen-bond donors (Lipinski definition) is 1. The third-order valence-corrected chi connectivity index (χ3v) is 2.49. The zero-order valence-electron chi connectivity index (χ0n) is 10.1. The largest absolute Gasteiger partial charge is 0.507 e. The van der Waals surface area contributed by atoms with E-state index in [1.807, 2.05) is 13.0 Å². The third-order valence-electron chi connectivity index (χ3n) is 2.49. The molecule has 0 aliphatic rings. The van der Waals surface area contributed by atoms with E-state index < -0.39 is 0 Å². The minimum Gasteiger partial charge on any atom is -0.507 e. The first-order valence-corrected chi connectivity index (χ1v) is 5.12. The Bertz CT molecular complexity index is 363. The van der Waals surface area contributed by atoms with Gasteiger partial charge in [-0.15, -0.1) is 0 Å². The van der Waals surface area contributed by atoms with Gasteiger partial charge in [0.1, 0.15) is 5.75 Å². The first kappa shape index (κ1) is 11.8. The molecule has 0 aliphatic carbocycles. The summed E-state index contributed by atoms with van der Waals surface area (Å²) in [6, 6.07) is 3.93. The quantitative estimate of drug-likeness (QED) is 0.702. The standard InChI is InChI=1S/C13H19NO/c1-9-6-10(13(2,3)4)7-12(15)11(9)8-14-5/h6-8,15H,1-5H3. The van der Waals surface area contributed by atoms with E-state index in [1.165, 1.54) is 0 Å². The molecule has 15 heavy (non-hydrogen) atoms. The van der Waals surface area contributed by atoms with E-state index in [1.54, 1.807) is 13.3 Å². The van der Waals surface area contributed by atoms with Crippen molar-refractivity contribution in [2.45, 2.75) is 33.1 Å². The number of rotatable bonds is 1. The van der Waals surface area contributed by atoms with Gasteiger partial charge in [-0.3, -0.25) is 4.99 Å². The van der Waals surface area contributed by atoms with Gasteiger partial charge in [0.25, 0.3) is 0 Å². The van der Waals surface area contributed by atoms with Crippen molar-refractivity contribution in [2.75, 3.05) is 7.05 Å². The minimum atomic E-state index is 0.0597. The first-order chi connectivity index (χ1) is 6.86. The summed E-state index contributed by atoms with van der Waals surface area (Å²) in [4.78, 5) is 3.93. The highest BCUT2D eigenvalue weighted by Gasteiger charge is 2.16. The lowest BCUT2D eigenvalue weighted by molar-refractivity contribution is 0.469. The zero-order valence-corrected chi connectivity index (χ0v) is 10.1. The lowest BCUT2D eigenvalue weighted by atomic mass is 9.85. The highest BCUT2D eigenvalue weighted by molar-refractivity contribution is 5.85. The van der Waals surface area contributed by atoms with E-state index in [2.05, 4.69) is 31.8 Å². The fraction of sp³-hybridized carbons (Fsp3) is 0.462. The summed E-state index contributed by atoms with van der Waals surface area (Å²) in [5.74, 6) is 0.311. The van der Waals surface area contributed by atoms with Crippen molar-refractivity contribution in [2.24, 2.45) is 4.99 Å². The molecule has 1 aromatic carbocycles. The highest BCUT2D eigenvalue weighted by Crippen LogP contribution is 2.29. The van der Waals surface area contributed by atoms with Gasteiger partial charge in [0.2, 0.25) is 0 Å². The Morgan fingerprint density at radius 3 is 2.27 bits per heavy atom. The maximum atomic E-state index is 9.88.